The van der Waals surface area contributed by atoms with Crippen molar-refractivity contribution in [1.29, 1.82) is 0 Å². The van der Waals surface area contributed by atoms with Crippen molar-refractivity contribution < 1.29 is 67.5 Å². The first-order valence-electron chi connectivity index (χ1n) is 4.54. The molecule has 11 heteroatoms. The van der Waals surface area contributed by atoms with Gasteiger partial charge in [-0.05, 0) is 0 Å². The number of hydrogen-bond acceptors (Lipinski definition) is 10. The molecule has 0 amide bonds. The molecule has 0 unspecified atom stereocenters. The van der Waals surface area contributed by atoms with Crippen LogP contribution in [0.2, 0.25) is 0 Å². The number of carboxylic acid groups (broad SMARTS) is 2. The number of carbonyl (C=O) groups is 2. The van der Waals surface area contributed by atoms with Crippen molar-refractivity contribution in [2.45, 2.75) is 24.4 Å². The minimum atomic E-state index is -2.00. The third-order valence-corrected chi connectivity index (χ3v) is 1.59. The second kappa shape index (κ2) is 12.3. The number of aliphatic hydroxyl groups is 6. The van der Waals surface area contributed by atoms with Crippen LogP contribution in [0.5, 0.6) is 0 Å². The summed E-state index contributed by atoms with van der Waals surface area (Å²) in [6.45, 7) is -1.59. The van der Waals surface area contributed by atoms with Gasteiger partial charge in [-0.2, -0.15) is 0 Å². The van der Waals surface area contributed by atoms with E-state index in [0.29, 0.717) is 0 Å². The smallest absolute Gasteiger partial charge is 0.547 e. The van der Waals surface area contributed by atoms with E-state index in [2.05, 4.69) is 0 Å². The van der Waals surface area contributed by atoms with E-state index in [0.717, 1.165) is 0 Å². The van der Waals surface area contributed by atoms with Crippen LogP contribution < -0.4 is 10.2 Å². The average molecular weight is 326 g/mol. The SMILES string of the molecule is O=C([O-])[C@H](O)[C@@H](O)CO.O=C([O-])[C@H](O)[C@@H](O)CO.[Fe+2]. The Balaban J connectivity index is -0.000000256. The molecule has 0 aromatic rings. The molecule has 0 radical (unpaired) electrons. The maximum atomic E-state index is 9.67. The quantitative estimate of drug-likeness (QED) is 0.254. The van der Waals surface area contributed by atoms with Gasteiger partial charge < -0.3 is 50.4 Å². The molecule has 19 heavy (non-hydrogen) atoms. The Kier molecular flexibility index (Phi) is 15.1. The van der Waals surface area contributed by atoms with Crippen molar-refractivity contribution in [3.8, 4) is 0 Å². The van der Waals surface area contributed by atoms with Crippen LogP contribution in [0.4, 0.5) is 0 Å². The number of hydrogen-bond donors (Lipinski definition) is 6. The van der Waals surface area contributed by atoms with Crippen LogP contribution >= 0.6 is 0 Å². The molecule has 10 nitrogen and oxygen atoms in total. The molecular formula is C8H14FeO10. The minimum Gasteiger partial charge on any atom is -0.547 e. The van der Waals surface area contributed by atoms with Gasteiger partial charge in [-0.1, -0.05) is 0 Å². The van der Waals surface area contributed by atoms with Gasteiger partial charge in [0, 0.05) is 0 Å². The van der Waals surface area contributed by atoms with Crippen LogP contribution in [-0.4, -0.2) is 80.2 Å². The predicted molar refractivity (Wildman–Crippen MR) is 48.2 cm³/mol. The van der Waals surface area contributed by atoms with Crippen molar-refractivity contribution in [1.82, 2.24) is 0 Å². The fraction of sp³-hybridized carbons (Fsp3) is 0.750. The molecule has 0 bridgehead atoms. The minimum absolute atomic E-state index is 0. The topological polar surface area (TPSA) is 202 Å². The first-order valence-corrected chi connectivity index (χ1v) is 4.54. The van der Waals surface area contributed by atoms with Crippen molar-refractivity contribution >= 4 is 11.9 Å². The normalized spacial score (nSPS) is 15.9. The Bertz CT molecular complexity index is 234. The summed E-state index contributed by atoms with van der Waals surface area (Å²) in [5.74, 6) is -3.59. The van der Waals surface area contributed by atoms with E-state index in [1.807, 2.05) is 0 Å². The second-order valence-electron chi connectivity index (χ2n) is 3.03. The van der Waals surface area contributed by atoms with Gasteiger partial charge in [-0.25, -0.2) is 0 Å². The van der Waals surface area contributed by atoms with Gasteiger partial charge in [-0.15, -0.1) is 0 Å². The van der Waals surface area contributed by atoms with Crippen LogP contribution in [-0.2, 0) is 26.7 Å². The summed E-state index contributed by atoms with van der Waals surface area (Å²) in [6.07, 6.45) is -7.32. The van der Waals surface area contributed by atoms with Crippen molar-refractivity contribution in [2.75, 3.05) is 13.2 Å². The number of rotatable bonds is 6. The summed E-state index contributed by atoms with van der Waals surface area (Å²) >= 11 is 0. The van der Waals surface area contributed by atoms with Gasteiger partial charge >= 0.3 is 17.1 Å². The summed E-state index contributed by atoms with van der Waals surface area (Å²) in [4.78, 5) is 19.3. The van der Waals surface area contributed by atoms with E-state index in [1.54, 1.807) is 0 Å². The summed E-state index contributed by atoms with van der Waals surface area (Å²) < 4.78 is 0. The molecule has 0 rings (SSSR count). The molecule has 0 saturated heterocycles. The largest absolute Gasteiger partial charge is 2.00 e. The Hall–Kier alpha value is -0.781. The van der Waals surface area contributed by atoms with E-state index in [9.17, 15) is 19.8 Å². The predicted octanol–water partition coefficient (Wildman–Crippen LogP) is -7.10. The number of carbonyl (C=O) groups excluding carboxylic acids is 2. The van der Waals surface area contributed by atoms with E-state index >= 15 is 0 Å². The molecule has 0 fully saturated rings. The molecule has 6 N–H and O–H groups in total. The van der Waals surface area contributed by atoms with Crippen LogP contribution in [0.1, 0.15) is 0 Å². The Morgan fingerprint density at radius 3 is 1.05 bits per heavy atom. The molecule has 0 aromatic heterocycles. The van der Waals surface area contributed by atoms with E-state index in [4.69, 9.17) is 30.6 Å². The Morgan fingerprint density at radius 1 is 0.789 bits per heavy atom. The van der Waals surface area contributed by atoms with Crippen LogP contribution in [0.3, 0.4) is 0 Å². The number of carboxylic acids is 2. The number of aliphatic hydroxyl groups excluding tert-OH is 6. The summed E-state index contributed by atoms with van der Waals surface area (Å²) in [5, 5.41) is 68.8. The first-order chi connectivity index (χ1) is 8.18. The fourth-order valence-corrected chi connectivity index (χ4v) is 0.514. The van der Waals surface area contributed by atoms with Crippen molar-refractivity contribution in [2.24, 2.45) is 0 Å². The van der Waals surface area contributed by atoms with Gasteiger partial charge in [0.05, 0.1) is 25.2 Å². The monoisotopic (exact) mass is 326 g/mol. The maximum Gasteiger partial charge on any atom is 2.00 e. The number of aliphatic carboxylic acids is 2. The fourth-order valence-electron chi connectivity index (χ4n) is 0.514. The van der Waals surface area contributed by atoms with Gasteiger partial charge in [0.1, 0.15) is 24.4 Å². The molecule has 114 valence electrons. The zero-order valence-corrected chi connectivity index (χ0v) is 10.5. The molecule has 0 spiro atoms. The van der Waals surface area contributed by atoms with E-state index < -0.39 is 49.6 Å². The molecule has 0 heterocycles. The zero-order valence-electron chi connectivity index (χ0n) is 9.39. The van der Waals surface area contributed by atoms with E-state index in [1.165, 1.54) is 0 Å². The summed E-state index contributed by atoms with van der Waals surface area (Å²) in [7, 11) is 0. The third kappa shape index (κ3) is 10.8. The molecule has 4 atom stereocenters. The third-order valence-electron chi connectivity index (χ3n) is 1.59. The molecule has 0 aliphatic heterocycles. The van der Waals surface area contributed by atoms with Crippen LogP contribution in [0.25, 0.3) is 0 Å². The molecule has 0 aromatic carbocycles. The average Bonchev–Trinajstić information content (AvgIpc) is 2.35. The summed E-state index contributed by atoms with van der Waals surface area (Å²) in [6, 6.07) is 0. The molecule has 0 saturated carbocycles. The molecular weight excluding hydrogens is 312 g/mol. The Labute approximate surface area is 118 Å². The second-order valence-corrected chi connectivity index (χ2v) is 3.03. The van der Waals surface area contributed by atoms with Crippen molar-refractivity contribution in [3.05, 3.63) is 0 Å². The van der Waals surface area contributed by atoms with Gasteiger partial charge in [0.2, 0.25) is 0 Å². The van der Waals surface area contributed by atoms with Crippen LogP contribution in [0, 0.1) is 0 Å². The van der Waals surface area contributed by atoms with Gasteiger partial charge in [0.15, 0.2) is 0 Å². The van der Waals surface area contributed by atoms with Crippen LogP contribution in [0.15, 0.2) is 0 Å². The zero-order chi connectivity index (χ0) is 14.9. The summed E-state index contributed by atoms with van der Waals surface area (Å²) in [5.41, 5.74) is 0. The van der Waals surface area contributed by atoms with Gasteiger partial charge in [-0.3, -0.25) is 0 Å². The standard InChI is InChI=1S/2C4H8O5.Fe/c2*5-1-2(6)3(7)4(8)9;/h2*2-3,5-7H,1H2,(H,8,9);/q;;+2/p-2/t2*2-,3+;/m00./s1. The first kappa shape index (κ1) is 23.3. The van der Waals surface area contributed by atoms with Crippen molar-refractivity contribution in [3.63, 3.8) is 0 Å². The van der Waals surface area contributed by atoms with E-state index in [-0.39, 0.29) is 17.1 Å². The molecule has 0 aliphatic carbocycles. The van der Waals surface area contributed by atoms with Gasteiger partial charge in [0.25, 0.3) is 0 Å². The Morgan fingerprint density at radius 2 is 1.00 bits per heavy atom. The maximum absolute atomic E-state index is 9.67. The molecule has 0 aliphatic rings.